The van der Waals surface area contributed by atoms with Crippen LogP contribution >= 0.6 is 7.60 Å². The van der Waals surface area contributed by atoms with E-state index < -0.39 is 43.6 Å². The predicted molar refractivity (Wildman–Crippen MR) is 107 cm³/mol. The quantitative estimate of drug-likeness (QED) is 0.320. The fraction of sp³-hybridized carbons (Fsp3) is 0.632. The number of esters is 1. The third-order valence-electron chi connectivity index (χ3n) is 4.49. The van der Waals surface area contributed by atoms with Crippen LogP contribution < -0.4 is 4.52 Å². The third kappa shape index (κ3) is 6.04. The predicted octanol–water partition coefficient (Wildman–Crippen LogP) is 3.45. The van der Waals surface area contributed by atoms with Crippen molar-refractivity contribution in [2.45, 2.75) is 63.7 Å². The molecule has 10 heteroatoms. The lowest BCUT2D eigenvalue weighted by molar-refractivity contribution is -0.146. The molecule has 7 nitrogen and oxygen atoms in total. The number of hydrogen-bond acceptors (Lipinski definition) is 7. The second kappa shape index (κ2) is 10.6. The van der Waals surface area contributed by atoms with E-state index in [1.165, 1.54) is 14.0 Å². The first-order chi connectivity index (χ1) is 13.7. The van der Waals surface area contributed by atoms with E-state index in [0.717, 1.165) is 0 Å². The Morgan fingerprint density at radius 2 is 1.93 bits per heavy atom. The molecule has 161 valence electrons. The van der Waals surface area contributed by atoms with Gasteiger partial charge in [-0.25, -0.2) is 8.96 Å². The first-order valence-electron chi connectivity index (χ1n) is 9.53. The van der Waals surface area contributed by atoms with E-state index in [-0.39, 0.29) is 18.5 Å². The molecule has 0 aromatic heterocycles. The van der Waals surface area contributed by atoms with Gasteiger partial charge < -0.3 is 18.7 Å². The van der Waals surface area contributed by atoms with Crippen LogP contribution in [0.4, 0.5) is 4.39 Å². The molecule has 1 heterocycles. The molecule has 29 heavy (non-hydrogen) atoms. The summed E-state index contributed by atoms with van der Waals surface area (Å²) in [6.45, 7) is 6.20. The van der Waals surface area contributed by atoms with Crippen LogP contribution in [0.2, 0.25) is 6.82 Å². The average molecular weight is 429 g/mol. The summed E-state index contributed by atoms with van der Waals surface area (Å²) < 4.78 is 55.1. The Balaban J connectivity index is 2.19. The molecule has 1 saturated heterocycles. The maximum Gasteiger partial charge on any atom is 0.393 e. The van der Waals surface area contributed by atoms with E-state index in [2.05, 4.69) is 0 Å². The molecule has 0 aliphatic carbocycles. The molecule has 6 atom stereocenters. The normalized spacial score (nSPS) is 27.3. The number of benzene rings is 1. The molecular formula is C19H28BFO7P. The number of alkyl halides is 1. The van der Waals surface area contributed by atoms with Crippen molar-refractivity contribution in [3.8, 4) is 5.75 Å². The molecule has 1 radical (unpaired) electrons. The second-order valence-corrected chi connectivity index (χ2v) is 9.31. The van der Waals surface area contributed by atoms with Crippen LogP contribution in [0, 0.1) is 0 Å². The molecule has 1 fully saturated rings. The van der Waals surface area contributed by atoms with Crippen molar-refractivity contribution < 1.29 is 37.0 Å². The Labute approximate surface area is 172 Å². The summed E-state index contributed by atoms with van der Waals surface area (Å²) in [6, 6.07) is 7.61. The van der Waals surface area contributed by atoms with E-state index in [0.29, 0.717) is 0 Å². The fourth-order valence-electron chi connectivity index (χ4n) is 2.91. The van der Waals surface area contributed by atoms with Crippen LogP contribution in [0.3, 0.4) is 0 Å². The van der Waals surface area contributed by atoms with Crippen molar-refractivity contribution in [1.82, 2.24) is 0 Å². The summed E-state index contributed by atoms with van der Waals surface area (Å²) in [4.78, 5) is 12.4. The molecule has 0 N–H and O–H groups in total. The van der Waals surface area contributed by atoms with Gasteiger partial charge in [-0.05, 0) is 32.9 Å². The number of para-hydroxylation sites is 1. The minimum atomic E-state index is -4.02. The lowest BCUT2D eigenvalue weighted by atomic mass is 9.72. The van der Waals surface area contributed by atoms with Crippen molar-refractivity contribution in [3.63, 3.8) is 0 Å². The van der Waals surface area contributed by atoms with E-state index >= 15 is 0 Å². The SMILES string of the molecule is C[B][C@@H]1O[C@H](COP(=O)(Oc2ccccc2)[C@@H](C)C(=O)OC(C)C)C(OC)[C@@H]1F. The smallest absolute Gasteiger partial charge is 0.393 e. The average Bonchev–Trinajstić information content (AvgIpc) is 3.00. The highest BCUT2D eigenvalue weighted by Gasteiger charge is 2.47. The van der Waals surface area contributed by atoms with Crippen molar-refractivity contribution in [2.24, 2.45) is 0 Å². The Bertz CT molecular complexity index is 705. The van der Waals surface area contributed by atoms with Gasteiger partial charge in [0.15, 0.2) is 5.66 Å². The van der Waals surface area contributed by atoms with Crippen LogP contribution in [-0.4, -0.2) is 63.1 Å². The van der Waals surface area contributed by atoms with Crippen LogP contribution in [0.15, 0.2) is 30.3 Å². The fourth-order valence-corrected chi connectivity index (χ4v) is 4.43. The van der Waals surface area contributed by atoms with Gasteiger partial charge in [-0.2, -0.15) is 0 Å². The number of ether oxygens (including phenoxy) is 3. The zero-order valence-corrected chi connectivity index (χ0v) is 18.2. The molecule has 1 aromatic carbocycles. The maximum absolute atomic E-state index is 14.4. The summed E-state index contributed by atoms with van der Waals surface area (Å²) in [5, 5.41) is 0. The highest BCUT2D eigenvalue weighted by molar-refractivity contribution is 7.56. The first kappa shape index (κ1) is 23.9. The van der Waals surface area contributed by atoms with E-state index in [1.54, 1.807) is 58.3 Å². The number of carbonyl (C=O) groups is 1. The molecule has 1 aromatic rings. The van der Waals surface area contributed by atoms with Gasteiger partial charge in [0.1, 0.15) is 31.4 Å². The molecule has 0 saturated carbocycles. The van der Waals surface area contributed by atoms with Crippen molar-refractivity contribution in [1.29, 1.82) is 0 Å². The zero-order valence-electron chi connectivity index (χ0n) is 17.3. The number of carbonyl (C=O) groups excluding carboxylic acids is 1. The minimum Gasteiger partial charge on any atom is -0.462 e. The lowest BCUT2D eigenvalue weighted by Crippen LogP contribution is -2.35. The summed E-state index contributed by atoms with van der Waals surface area (Å²) >= 11 is 0. The van der Waals surface area contributed by atoms with Gasteiger partial charge in [0.25, 0.3) is 0 Å². The number of methoxy groups -OCH3 is 1. The monoisotopic (exact) mass is 429 g/mol. The number of rotatable bonds is 10. The van der Waals surface area contributed by atoms with Gasteiger partial charge in [-0.15, -0.1) is 0 Å². The van der Waals surface area contributed by atoms with Gasteiger partial charge >= 0.3 is 13.6 Å². The van der Waals surface area contributed by atoms with E-state index in [9.17, 15) is 13.8 Å². The van der Waals surface area contributed by atoms with E-state index in [1.807, 2.05) is 0 Å². The topological polar surface area (TPSA) is 80.3 Å². The van der Waals surface area contributed by atoms with Gasteiger partial charge in [0.2, 0.25) is 0 Å². The molecular weight excluding hydrogens is 401 g/mol. The van der Waals surface area contributed by atoms with Crippen molar-refractivity contribution in [3.05, 3.63) is 30.3 Å². The van der Waals surface area contributed by atoms with Gasteiger partial charge in [0, 0.05) is 7.11 Å². The zero-order chi connectivity index (χ0) is 21.6. The van der Waals surface area contributed by atoms with Crippen LogP contribution in [0.5, 0.6) is 5.75 Å². The molecule has 2 rings (SSSR count). The highest BCUT2D eigenvalue weighted by atomic mass is 31.2. The summed E-state index contributed by atoms with van der Waals surface area (Å²) in [5.41, 5.74) is -1.19. The molecule has 1 aliphatic rings. The molecule has 0 amide bonds. The van der Waals surface area contributed by atoms with Gasteiger partial charge in [-0.1, -0.05) is 25.0 Å². The Morgan fingerprint density at radius 1 is 1.28 bits per heavy atom. The van der Waals surface area contributed by atoms with Crippen molar-refractivity contribution in [2.75, 3.05) is 13.7 Å². The summed E-state index contributed by atoms with van der Waals surface area (Å²) in [5.74, 6) is -0.433. The van der Waals surface area contributed by atoms with Crippen molar-refractivity contribution >= 4 is 20.8 Å². The Morgan fingerprint density at radius 3 is 2.48 bits per heavy atom. The Hall–Kier alpha value is -1.41. The third-order valence-corrected chi connectivity index (χ3v) is 6.62. The van der Waals surface area contributed by atoms with Crippen LogP contribution in [0.25, 0.3) is 0 Å². The minimum absolute atomic E-state index is 0.271. The maximum atomic E-state index is 14.4. The number of halogens is 1. The number of hydrogen-bond donors (Lipinski definition) is 0. The molecule has 2 unspecified atom stereocenters. The van der Waals surface area contributed by atoms with Gasteiger partial charge in [-0.3, -0.25) is 9.32 Å². The van der Waals surface area contributed by atoms with Gasteiger partial charge in [0.05, 0.1) is 18.7 Å². The molecule has 0 bridgehead atoms. The van der Waals surface area contributed by atoms with Crippen LogP contribution in [-0.2, 0) is 28.1 Å². The second-order valence-electron chi connectivity index (χ2n) is 7.02. The Kier molecular flexibility index (Phi) is 8.70. The lowest BCUT2D eigenvalue weighted by Gasteiger charge is -2.26. The standard InChI is InChI=1S/C19H28BFO7P/c1-12(2)26-19(22)13(3)29(23,28-14-9-7-6-8-10-14)25-11-15-17(24-5)16(21)18(20-4)27-15/h6-10,12-13,15-18H,11H2,1-5H3/t13-,15+,16-,17?,18+,29?/m0/s1. The summed E-state index contributed by atoms with van der Waals surface area (Å²) in [7, 11) is -1.07. The highest BCUT2D eigenvalue weighted by Crippen LogP contribution is 2.53. The van der Waals surface area contributed by atoms with Crippen LogP contribution in [0.1, 0.15) is 20.8 Å². The molecule has 0 spiro atoms. The molecule has 1 aliphatic heterocycles. The summed E-state index contributed by atoms with van der Waals surface area (Å²) in [6.07, 6.45) is -3.47. The largest absolute Gasteiger partial charge is 0.462 e. The van der Waals surface area contributed by atoms with E-state index in [4.69, 9.17) is 23.3 Å². The first-order valence-corrected chi connectivity index (χ1v) is 11.1.